The lowest BCUT2D eigenvalue weighted by Crippen LogP contribution is -2.20. The number of carbonyl (C=O) groups is 1. The van der Waals surface area contributed by atoms with E-state index < -0.39 is 5.91 Å². The second-order valence-corrected chi connectivity index (χ2v) is 1.50. The quantitative estimate of drug-likeness (QED) is 0.282. The number of nitrogens with two attached hydrogens (primary N) is 1. The summed E-state index contributed by atoms with van der Waals surface area (Å²) < 4.78 is 0. The minimum Gasteiger partial charge on any atom is -0.380 e. The Morgan fingerprint density at radius 2 is 2.40 bits per heavy atom. The Morgan fingerprint density at radius 3 is 2.80 bits per heavy atom. The first-order valence-corrected chi connectivity index (χ1v) is 2.36. The average Bonchev–Trinajstić information content (AvgIpc) is 2.34. The molecule has 1 heterocycles. The van der Waals surface area contributed by atoms with Crippen molar-refractivity contribution in [1.29, 1.82) is 0 Å². The molecule has 54 valence electrons. The molecule has 0 aliphatic carbocycles. The van der Waals surface area contributed by atoms with Crippen LogP contribution in [0.25, 0.3) is 0 Å². The van der Waals surface area contributed by atoms with Gasteiger partial charge in [0.15, 0.2) is 11.5 Å². The standard InChI is InChI=1S/C3H5N5O2/c4-2-1(3(9)7-10)5-8-6-2/h10H,(H,7,9)(H3,4,5,6,8). The Hall–Kier alpha value is -1.63. The van der Waals surface area contributed by atoms with Crippen LogP contribution in [-0.2, 0) is 0 Å². The Bertz CT molecular complexity index is 243. The molecule has 10 heavy (non-hydrogen) atoms. The number of hydrogen-bond donors (Lipinski definition) is 4. The highest BCUT2D eigenvalue weighted by molar-refractivity contribution is 5.95. The fourth-order valence-electron chi connectivity index (χ4n) is 0.459. The van der Waals surface area contributed by atoms with Crippen LogP contribution in [0.5, 0.6) is 0 Å². The van der Waals surface area contributed by atoms with Gasteiger partial charge in [-0.05, 0) is 0 Å². The molecule has 1 aromatic rings. The number of H-pyrrole nitrogens is 1. The fourth-order valence-corrected chi connectivity index (χ4v) is 0.459. The number of hydrogen-bond acceptors (Lipinski definition) is 5. The summed E-state index contributed by atoms with van der Waals surface area (Å²) in [6.07, 6.45) is 0. The van der Waals surface area contributed by atoms with Crippen LogP contribution in [-0.4, -0.2) is 26.5 Å². The van der Waals surface area contributed by atoms with E-state index in [2.05, 4.69) is 15.4 Å². The summed E-state index contributed by atoms with van der Waals surface area (Å²) in [4.78, 5) is 10.5. The van der Waals surface area contributed by atoms with Crippen LogP contribution in [0.4, 0.5) is 5.82 Å². The van der Waals surface area contributed by atoms with E-state index >= 15 is 0 Å². The first-order valence-electron chi connectivity index (χ1n) is 2.36. The smallest absolute Gasteiger partial charge is 0.299 e. The molecular weight excluding hydrogens is 138 g/mol. The van der Waals surface area contributed by atoms with Crippen molar-refractivity contribution in [3.8, 4) is 0 Å². The monoisotopic (exact) mass is 143 g/mol. The molecule has 0 bridgehead atoms. The normalized spacial score (nSPS) is 9.30. The third kappa shape index (κ3) is 0.890. The van der Waals surface area contributed by atoms with Crippen molar-refractivity contribution in [3.63, 3.8) is 0 Å². The van der Waals surface area contributed by atoms with Crippen LogP contribution < -0.4 is 11.2 Å². The van der Waals surface area contributed by atoms with Gasteiger partial charge in [-0.3, -0.25) is 10.0 Å². The van der Waals surface area contributed by atoms with Gasteiger partial charge in [0.2, 0.25) is 0 Å². The van der Waals surface area contributed by atoms with Crippen LogP contribution >= 0.6 is 0 Å². The van der Waals surface area contributed by atoms with Gasteiger partial charge in [-0.25, -0.2) is 5.48 Å². The second kappa shape index (κ2) is 2.31. The lowest BCUT2D eigenvalue weighted by Gasteiger charge is -1.90. The third-order valence-corrected chi connectivity index (χ3v) is 0.891. The number of carbonyl (C=O) groups excluding carboxylic acids is 1. The SMILES string of the molecule is Nc1n[nH]nc1C(=O)NO. The third-order valence-electron chi connectivity index (χ3n) is 0.891. The maximum Gasteiger partial charge on any atom is 0.299 e. The Balaban J connectivity index is 2.93. The van der Waals surface area contributed by atoms with Gasteiger partial charge in [0, 0.05) is 0 Å². The van der Waals surface area contributed by atoms with E-state index in [-0.39, 0.29) is 11.5 Å². The number of aromatic amines is 1. The van der Waals surface area contributed by atoms with E-state index in [0.717, 1.165) is 0 Å². The van der Waals surface area contributed by atoms with E-state index in [0.29, 0.717) is 0 Å². The molecule has 0 saturated carbocycles. The van der Waals surface area contributed by atoms with Gasteiger partial charge in [0.05, 0.1) is 0 Å². The number of nitrogens with zero attached hydrogens (tertiary/aromatic N) is 2. The maximum absolute atomic E-state index is 10.5. The van der Waals surface area contributed by atoms with Crippen LogP contribution in [0.1, 0.15) is 10.5 Å². The van der Waals surface area contributed by atoms with E-state index in [9.17, 15) is 4.79 Å². The molecule has 7 heteroatoms. The highest BCUT2D eigenvalue weighted by Gasteiger charge is 2.11. The number of nitrogen functional groups attached to an aromatic ring is 1. The van der Waals surface area contributed by atoms with E-state index in [1.165, 1.54) is 5.48 Å². The molecule has 1 aromatic heterocycles. The first-order chi connectivity index (χ1) is 4.75. The molecular formula is C3H5N5O2. The zero-order valence-corrected chi connectivity index (χ0v) is 4.83. The summed E-state index contributed by atoms with van der Waals surface area (Å²) in [5.74, 6) is -0.835. The van der Waals surface area contributed by atoms with Gasteiger partial charge < -0.3 is 5.73 Å². The van der Waals surface area contributed by atoms with Crippen LogP contribution in [0.3, 0.4) is 0 Å². The molecule has 0 saturated heterocycles. The van der Waals surface area contributed by atoms with Gasteiger partial charge in [-0.1, -0.05) is 0 Å². The molecule has 0 aliphatic rings. The van der Waals surface area contributed by atoms with Gasteiger partial charge in [0.1, 0.15) is 0 Å². The second-order valence-electron chi connectivity index (χ2n) is 1.50. The predicted molar refractivity (Wildman–Crippen MR) is 30.0 cm³/mol. The Morgan fingerprint density at radius 1 is 1.70 bits per heavy atom. The van der Waals surface area contributed by atoms with Crippen molar-refractivity contribution < 1.29 is 10.0 Å². The summed E-state index contributed by atoms with van der Waals surface area (Å²) in [5, 5.41) is 16.9. The van der Waals surface area contributed by atoms with Crippen molar-refractivity contribution in [2.75, 3.05) is 5.73 Å². The summed E-state index contributed by atoms with van der Waals surface area (Å²) in [6.45, 7) is 0. The lowest BCUT2D eigenvalue weighted by molar-refractivity contribution is 0.0701. The number of amides is 1. The summed E-state index contributed by atoms with van der Waals surface area (Å²) in [5.41, 5.74) is 6.38. The number of anilines is 1. The first kappa shape index (κ1) is 6.49. The number of aromatic nitrogens is 3. The van der Waals surface area contributed by atoms with Crippen molar-refractivity contribution in [2.24, 2.45) is 0 Å². The minimum absolute atomic E-state index is 0.0495. The molecule has 5 N–H and O–H groups in total. The van der Waals surface area contributed by atoms with Gasteiger partial charge in [0.25, 0.3) is 5.91 Å². The van der Waals surface area contributed by atoms with E-state index in [1.54, 1.807) is 0 Å². The molecule has 0 aromatic carbocycles. The molecule has 0 aliphatic heterocycles. The van der Waals surface area contributed by atoms with Crippen molar-refractivity contribution in [3.05, 3.63) is 5.69 Å². The van der Waals surface area contributed by atoms with Crippen LogP contribution in [0.2, 0.25) is 0 Å². The highest BCUT2D eigenvalue weighted by Crippen LogP contribution is 1.99. The van der Waals surface area contributed by atoms with Crippen molar-refractivity contribution >= 4 is 11.7 Å². The van der Waals surface area contributed by atoms with Gasteiger partial charge in [-0.15, -0.1) is 10.2 Å². The Kier molecular flexibility index (Phi) is 1.50. The lowest BCUT2D eigenvalue weighted by atomic mass is 10.4. The van der Waals surface area contributed by atoms with Gasteiger partial charge in [-0.2, -0.15) is 5.21 Å². The number of rotatable bonds is 1. The maximum atomic E-state index is 10.5. The summed E-state index contributed by atoms with van der Waals surface area (Å²) in [7, 11) is 0. The zero-order chi connectivity index (χ0) is 7.56. The largest absolute Gasteiger partial charge is 0.380 e. The zero-order valence-electron chi connectivity index (χ0n) is 4.83. The molecule has 0 spiro atoms. The predicted octanol–water partition coefficient (Wildman–Crippen LogP) is -1.49. The minimum atomic E-state index is -0.786. The summed E-state index contributed by atoms with van der Waals surface area (Å²) in [6, 6.07) is 0. The van der Waals surface area contributed by atoms with Gasteiger partial charge >= 0.3 is 0 Å². The Labute approximate surface area is 55.2 Å². The topological polar surface area (TPSA) is 117 Å². The molecule has 0 atom stereocenters. The number of hydroxylamine groups is 1. The molecule has 0 radical (unpaired) electrons. The highest BCUT2D eigenvalue weighted by atomic mass is 16.5. The molecule has 1 rings (SSSR count). The van der Waals surface area contributed by atoms with Crippen LogP contribution in [0.15, 0.2) is 0 Å². The van der Waals surface area contributed by atoms with E-state index in [4.69, 9.17) is 10.9 Å². The van der Waals surface area contributed by atoms with E-state index in [1.807, 2.05) is 0 Å². The fraction of sp³-hybridized carbons (Fsp3) is 0. The molecule has 1 amide bonds. The molecule has 0 fully saturated rings. The molecule has 7 nitrogen and oxygen atoms in total. The van der Waals surface area contributed by atoms with Crippen molar-refractivity contribution in [2.45, 2.75) is 0 Å². The summed E-state index contributed by atoms with van der Waals surface area (Å²) >= 11 is 0. The number of nitrogens with one attached hydrogen (secondary N) is 2. The van der Waals surface area contributed by atoms with Crippen molar-refractivity contribution in [1.82, 2.24) is 20.9 Å². The molecule has 0 unspecified atom stereocenters. The van der Waals surface area contributed by atoms with Crippen LogP contribution in [0, 0.1) is 0 Å². The average molecular weight is 143 g/mol.